The highest BCUT2D eigenvalue weighted by Crippen LogP contribution is 2.30. The first-order valence-electron chi connectivity index (χ1n) is 4.95. The molecule has 0 aliphatic carbocycles. The van der Waals surface area contributed by atoms with Crippen LogP contribution in [0.25, 0.3) is 6.08 Å². The molecule has 0 aromatic heterocycles. The fourth-order valence-electron chi connectivity index (χ4n) is 1.32. The van der Waals surface area contributed by atoms with E-state index in [0.717, 1.165) is 12.1 Å². The van der Waals surface area contributed by atoms with Gasteiger partial charge in [-0.25, -0.2) is 4.79 Å². The first-order valence-corrected chi connectivity index (χ1v) is 4.95. The molecule has 0 heterocycles. The third-order valence-electron chi connectivity index (χ3n) is 2.21. The number of carbonyl (C=O) groups is 1. The normalized spacial score (nSPS) is 11.9. The molecular formula is C12H12ClF3O2. The minimum Gasteiger partial charge on any atom is -0.478 e. The van der Waals surface area contributed by atoms with Crippen molar-refractivity contribution in [1.82, 2.24) is 0 Å². The third-order valence-corrected chi connectivity index (χ3v) is 2.21. The highest BCUT2D eigenvalue weighted by atomic mass is 35.5. The second kappa shape index (κ2) is 6.44. The molecule has 0 saturated heterocycles. The maximum absolute atomic E-state index is 12.4. The Kier molecular flexibility index (Phi) is 5.91. The van der Waals surface area contributed by atoms with Gasteiger partial charge in [0, 0.05) is 5.57 Å². The van der Waals surface area contributed by atoms with Gasteiger partial charge in [0.05, 0.1) is 5.56 Å². The third kappa shape index (κ3) is 4.41. The largest absolute Gasteiger partial charge is 0.478 e. The molecule has 0 aliphatic heterocycles. The Hall–Kier alpha value is -1.49. The van der Waals surface area contributed by atoms with Crippen molar-refractivity contribution in [1.29, 1.82) is 0 Å². The van der Waals surface area contributed by atoms with E-state index < -0.39 is 17.7 Å². The predicted octanol–water partition coefficient (Wildman–Crippen LogP) is 4.01. The van der Waals surface area contributed by atoms with Crippen LogP contribution in [0.3, 0.4) is 0 Å². The van der Waals surface area contributed by atoms with Crippen LogP contribution < -0.4 is 0 Å². The summed E-state index contributed by atoms with van der Waals surface area (Å²) in [5, 5.41) is 8.77. The second-order valence-electron chi connectivity index (χ2n) is 3.45. The standard InChI is InChI=1S/C12H11F3O2.ClH/c1-2-9(11(16)17)6-8-4-3-5-10(7-8)12(13,14)15;/h3-7H,2H2,1H3,(H,16,17);1H/b9-6+;. The maximum Gasteiger partial charge on any atom is 0.416 e. The van der Waals surface area contributed by atoms with Crippen molar-refractivity contribution in [3.63, 3.8) is 0 Å². The van der Waals surface area contributed by atoms with E-state index in [2.05, 4.69) is 0 Å². The van der Waals surface area contributed by atoms with Gasteiger partial charge in [0.15, 0.2) is 0 Å². The van der Waals surface area contributed by atoms with Gasteiger partial charge in [0.25, 0.3) is 0 Å². The Labute approximate surface area is 109 Å². The fraction of sp³-hybridized carbons (Fsp3) is 0.250. The van der Waals surface area contributed by atoms with E-state index in [0.29, 0.717) is 0 Å². The van der Waals surface area contributed by atoms with Crippen LogP contribution in [0.4, 0.5) is 13.2 Å². The zero-order valence-corrected chi connectivity index (χ0v) is 10.3. The van der Waals surface area contributed by atoms with E-state index in [1.54, 1.807) is 6.92 Å². The number of hydrogen-bond acceptors (Lipinski definition) is 1. The summed E-state index contributed by atoms with van der Waals surface area (Å²) < 4.78 is 37.2. The fourth-order valence-corrected chi connectivity index (χ4v) is 1.32. The first kappa shape index (κ1) is 16.5. The van der Waals surface area contributed by atoms with E-state index in [4.69, 9.17) is 5.11 Å². The molecule has 1 aromatic carbocycles. The van der Waals surface area contributed by atoms with Crippen molar-refractivity contribution in [3.05, 3.63) is 41.0 Å². The lowest BCUT2D eigenvalue weighted by molar-refractivity contribution is -0.137. The number of carboxylic acids is 1. The molecule has 1 aromatic rings. The predicted molar refractivity (Wildman–Crippen MR) is 64.6 cm³/mol. The van der Waals surface area contributed by atoms with Crippen LogP contribution in [0, 0.1) is 0 Å². The minimum atomic E-state index is -4.42. The Bertz CT molecular complexity index is 453. The Morgan fingerprint density at radius 1 is 1.39 bits per heavy atom. The van der Waals surface area contributed by atoms with Gasteiger partial charge in [-0.05, 0) is 30.2 Å². The van der Waals surface area contributed by atoms with Crippen molar-refractivity contribution in [2.45, 2.75) is 19.5 Å². The molecule has 0 aliphatic rings. The van der Waals surface area contributed by atoms with Gasteiger partial charge in [-0.2, -0.15) is 13.2 Å². The first-order chi connectivity index (χ1) is 7.84. The number of benzene rings is 1. The number of carboxylic acid groups (broad SMARTS) is 1. The molecule has 18 heavy (non-hydrogen) atoms. The van der Waals surface area contributed by atoms with Crippen LogP contribution in [0.1, 0.15) is 24.5 Å². The summed E-state index contributed by atoms with van der Waals surface area (Å²) >= 11 is 0. The van der Waals surface area contributed by atoms with Gasteiger partial charge < -0.3 is 5.11 Å². The Morgan fingerprint density at radius 2 is 2.00 bits per heavy atom. The molecule has 1 rings (SSSR count). The zero-order valence-electron chi connectivity index (χ0n) is 9.49. The molecule has 0 spiro atoms. The molecule has 0 unspecified atom stereocenters. The number of hydrogen-bond donors (Lipinski definition) is 1. The summed E-state index contributed by atoms with van der Waals surface area (Å²) in [5.41, 5.74) is -0.476. The molecule has 0 atom stereocenters. The summed E-state index contributed by atoms with van der Waals surface area (Å²) in [4.78, 5) is 10.7. The molecule has 0 radical (unpaired) electrons. The quantitative estimate of drug-likeness (QED) is 0.850. The van der Waals surface area contributed by atoms with Crippen molar-refractivity contribution in [2.75, 3.05) is 0 Å². The second-order valence-corrected chi connectivity index (χ2v) is 3.45. The van der Waals surface area contributed by atoms with Crippen LogP contribution in [0.2, 0.25) is 0 Å². The highest BCUT2D eigenvalue weighted by molar-refractivity contribution is 5.92. The van der Waals surface area contributed by atoms with E-state index in [1.807, 2.05) is 0 Å². The lowest BCUT2D eigenvalue weighted by atomic mass is 10.1. The molecule has 0 bridgehead atoms. The maximum atomic E-state index is 12.4. The topological polar surface area (TPSA) is 37.3 Å². The van der Waals surface area contributed by atoms with Crippen molar-refractivity contribution >= 4 is 24.5 Å². The lowest BCUT2D eigenvalue weighted by Crippen LogP contribution is -2.05. The van der Waals surface area contributed by atoms with Crippen molar-refractivity contribution in [2.24, 2.45) is 0 Å². The SMILES string of the molecule is CC/C(=C\c1cccc(C(F)(F)F)c1)C(=O)O.Cl. The van der Waals surface area contributed by atoms with Crippen LogP contribution >= 0.6 is 12.4 Å². The summed E-state index contributed by atoms with van der Waals surface area (Å²) in [6, 6.07) is 4.57. The highest BCUT2D eigenvalue weighted by Gasteiger charge is 2.30. The van der Waals surface area contributed by atoms with Gasteiger partial charge in [-0.3, -0.25) is 0 Å². The van der Waals surface area contributed by atoms with Crippen LogP contribution in [-0.4, -0.2) is 11.1 Å². The average molecular weight is 281 g/mol. The lowest BCUT2D eigenvalue weighted by Gasteiger charge is -2.07. The van der Waals surface area contributed by atoms with Gasteiger partial charge in [0.2, 0.25) is 0 Å². The van der Waals surface area contributed by atoms with Crippen molar-refractivity contribution in [3.8, 4) is 0 Å². The molecule has 100 valence electrons. The molecule has 0 amide bonds. The zero-order chi connectivity index (χ0) is 13.1. The Morgan fingerprint density at radius 3 is 2.44 bits per heavy atom. The Balaban J connectivity index is 0.00000289. The minimum absolute atomic E-state index is 0. The molecule has 0 fully saturated rings. The van der Waals surface area contributed by atoms with Gasteiger partial charge in [-0.1, -0.05) is 19.1 Å². The smallest absolute Gasteiger partial charge is 0.416 e. The summed E-state index contributed by atoms with van der Waals surface area (Å²) in [6.45, 7) is 1.63. The van der Waals surface area contributed by atoms with Crippen LogP contribution in [0.15, 0.2) is 29.8 Å². The van der Waals surface area contributed by atoms with Crippen LogP contribution in [0.5, 0.6) is 0 Å². The number of aliphatic carboxylic acids is 1. The molecule has 0 saturated carbocycles. The molecule has 6 heteroatoms. The van der Waals surface area contributed by atoms with E-state index in [1.165, 1.54) is 18.2 Å². The van der Waals surface area contributed by atoms with Gasteiger partial charge >= 0.3 is 12.1 Å². The van der Waals surface area contributed by atoms with Gasteiger partial charge in [0.1, 0.15) is 0 Å². The molecular weight excluding hydrogens is 269 g/mol. The van der Waals surface area contributed by atoms with E-state index in [-0.39, 0.29) is 30.0 Å². The number of halogens is 4. The molecule has 1 N–H and O–H groups in total. The average Bonchev–Trinajstić information content (AvgIpc) is 2.24. The summed E-state index contributed by atoms with van der Waals surface area (Å²) in [6.07, 6.45) is -2.91. The van der Waals surface area contributed by atoms with E-state index in [9.17, 15) is 18.0 Å². The van der Waals surface area contributed by atoms with Crippen molar-refractivity contribution < 1.29 is 23.1 Å². The summed E-state index contributed by atoms with van der Waals surface area (Å²) in [5.74, 6) is -1.12. The number of rotatable bonds is 3. The van der Waals surface area contributed by atoms with Crippen LogP contribution in [-0.2, 0) is 11.0 Å². The van der Waals surface area contributed by atoms with Gasteiger partial charge in [-0.15, -0.1) is 12.4 Å². The number of alkyl halides is 3. The van der Waals surface area contributed by atoms with E-state index >= 15 is 0 Å². The monoisotopic (exact) mass is 280 g/mol. The molecule has 2 nitrogen and oxygen atoms in total. The summed E-state index contributed by atoms with van der Waals surface area (Å²) in [7, 11) is 0.